The van der Waals surface area contributed by atoms with Gasteiger partial charge in [-0.3, -0.25) is 38.4 Å². The van der Waals surface area contributed by atoms with Gasteiger partial charge >= 0.3 is 0 Å². The quantitative estimate of drug-likeness (QED) is 0.102. The fourth-order valence-electron chi connectivity index (χ4n) is 8.21. The average molecular weight is 1020 g/mol. The molecule has 70 heavy (non-hydrogen) atoms. The minimum atomic E-state index is -1.01. The molecule has 2 aromatic carbocycles. The highest BCUT2D eigenvalue weighted by atomic mass is 35.5. The van der Waals surface area contributed by atoms with Crippen LogP contribution in [0.25, 0.3) is 0 Å². The van der Waals surface area contributed by atoms with Gasteiger partial charge in [0, 0.05) is 37.3 Å². The van der Waals surface area contributed by atoms with E-state index in [4.69, 9.17) is 0 Å². The summed E-state index contributed by atoms with van der Waals surface area (Å²) in [6.07, 6.45) is 2.21. The van der Waals surface area contributed by atoms with Crippen LogP contribution in [0.3, 0.4) is 0 Å². The van der Waals surface area contributed by atoms with Crippen LogP contribution in [0.1, 0.15) is 105 Å². The fourth-order valence-corrected chi connectivity index (χ4v) is 8.21. The monoisotopic (exact) mass is 1010 g/mol. The summed E-state index contributed by atoms with van der Waals surface area (Å²) < 4.78 is 0. The van der Waals surface area contributed by atoms with Gasteiger partial charge in [0.15, 0.2) is 0 Å². The molecule has 0 radical (unpaired) electrons. The number of carbonyl (C=O) groups excluding carboxylic acids is 8. The predicted molar refractivity (Wildman–Crippen MR) is 274 cm³/mol. The molecule has 2 fully saturated rings. The minimum Gasteiger partial charge on any atom is -0.348 e. The molecule has 10 atom stereocenters. The zero-order valence-corrected chi connectivity index (χ0v) is 44.1. The molecule has 0 spiro atoms. The normalized spacial score (nSPS) is 20.5. The van der Waals surface area contributed by atoms with Crippen LogP contribution in [0.5, 0.6) is 0 Å². The van der Waals surface area contributed by atoms with Gasteiger partial charge in [-0.15, -0.1) is 24.8 Å². The lowest BCUT2D eigenvalue weighted by atomic mass is 9.85. The Bertz CT molecular complexity index is 2000. The summed E-state index contributed by atoms with van der Waals surface area (Å²) in [7, 11) is 3.27. The van der Waals surface area contributed by atoms with Crippen LogP contribution in [-0.2, 0) is 38.4 Å². The molecule has 0 aromatic heterocycles. The van der Waals surface area contributed by atoms with Crippen molar-refractivity contribution in [1.82, 2.24) is 52.3 Å². The van der Waals surface area contributed by atoms with Crippen LogP contribution < -0.4 is 42.5 Å². The second-order valence-corrected chi connectivity index (χ2v) is 20.1. The number of halogens is 2. The summed E-state index contributed by atoms with van der Waals surface area (Å²) in [5, 5.41) is 23.1. The van der Waals surface area contributed by atoms with E-state index in [2.05, 4.69) is 42.5 Å². The number of nitrogens with one attached hydrogen (secondary N) is 8. The molecule has 2 saturated heterocycles. The van der Waals surface area contributed by atoms with E-state index in [1.807, 2.05) is 116 Å². The van der Waals surface area contributed by atoms with Crippen molar-refractivity contribution in [3.05, 3.63) is 83.9 Å². The van der Waals surface area contributed by atoms with Crippen molar-refractivity contribution in [1.29, 1.82) is 0 Å². The van der Waals surface area contributed by atoms with Gasteiger partial charge in [-0.2, -0.15) is 0 Å². The lowest BCUT2D eigenvalue weighted by molar-refractivity contribution is -0.144. The molecule has 2 aliphatic rings. The maximum Gasteiger partial charge on any atom is 0.246 e. The second-order valence-electron chi connectivity index (χ2n) is 20.1. The zero-order chi connectivity index (χ0) is 50.7. The molecule has 2 aromatic rings. The fraction of sp³-hybridized carbons (Fsp3) is 0.560. The summed E-state index contributed by atoms with van der Waals surface area (Å²) in [5.74, 6) is -3.93. The number of rotatable bonds is 18. The third-order valence-corrected chi connectivity index (χ3v) is 12.6. The first-order valence-electron chi connectivity index (χ1n) is 23.4. The summed E-state index contributed by atoms with van der Waals surface area (Å²) in [6.45, 7) is 17.8. The summed E-state index contributed by atoms with van der Waals surface area (Å²) in [4.78, 5) is 113. The van der Waals surface area contributed by atoms with E-state index in [1.165, 1.54) is 9.80 Å². The Kier molecular flexibility index (Phi) is 23.0. The summed E-state index contributed by atoms with van der Waals surface area (Å²) in [6, 6.07) is 11.3. The SMILES string of the molecule is CN[C@@H](C)C(=O)N[C@H](C(=O)N1C[C@@H](NC(=O)/C=C/C(=O)N[C@H]2C[C@@H](C(=O)N[C@H](C)c3ccccc3)N(C(=O)[C@@H](NC(=O)[C@H](C)NC)C(C)(C)C)C2)C[C@H]1C(=O)N[C@H](C)c1ccccc1)C(C)(C)C.Cl.Cl. The van der Waals surface area contributed by atoms with E-state index in [0.717, 1.165) is 23.3 Å². The zero-order valence-electron chi connectivity index (χ0n) is 42.5. The Labute approximate surface area is 425 Å². The third kappa shape index (κ3) is 16.5. The Morgan fingerprint density at radius 1 is 0.529 bits per heavy atom. The van der Waals surface area contributed by atoms with Crippen LogP contribution >= 0.6 is 24.8 Å². The van der Waals surface area contributed by atoms with Gasteiger partial charge in [0.25, 0.3) is 0 Å². The molecule has 18 nitrogen and oxygen atoms in total. The standard InChI is InChI=1S/C50H74N10O8.2ClH/c1-29(33-19-15-13-16-20-33)53-45(65)37-25-35(27-59(37)47(67)41(49(5,6)7)57-43(63)31(3)51-11)55-39(61)23-24-40(62)56-36-26-38(46(66)54-30(2)34-21-17-14-18-22-34)60(28-36)48(68)42(50(8,9)10)58-44(64)32(4)52-12;;/h13-24,29-32,35-38,41-42,51-52H,25-28H2,1-12H3,(H,53,65)(H,54,66)(H,55,61)(H,56,62)(H,57,63)(H,58,64);2*1H/b24-23+;;/t29-,30-,31+,32+,35+,36+,37+,38+,41-,42-;;/m1../s1. The predicted octanol–water partition coefficient (Wildman–Crippen LogP) is 2.59. The first-order chi connectivity index (χ1) is 31.9. The van der Waals surface area contributed by atoms with Crippen molar-refractivity contribution in [2.24, 2.45) is 10.8 Å². The number of likely N-dealkylation sites (tertiary alicyclic amines) is 2. The van der Waals surface area contributed by atoms with E-state index in [9.17, 15) is 38.4 Å². The molecule has 8 amide bonds. The topological polar surface area (TPSA) is 239 Å². The lowest BCUT2D eigenvalue weighted by Crippen LogP contribution is -2.59. The van der Waals surface area contributed by atoms with Crippen molar-refractivity contribution in [3.8, 4) is 0 Å². The van der Waals surface area contributed by atoms with Crippen LogP contribution in [0, 0.1) is 10.8 Å². The Morgan fingerprint density at radius 3 is 1.13 bits per heavy atom. The van der Waals surface area contributed by atoms with Gasteiger partial charge in [0.05, 0.1) is 24.2 Å². The number of carbonyl (C=O) groups is 8. The van der Waals surface area contributed by atoms with Crippen LogP contribution in [-0.4, -0.2) is 133 Å². The average Bonchev–Trinajstić information content (AvgIpc) is 3.92. The molecule has 2 heterocycles. The Balaban J connectivity index is 0.00000840. The molecular weight excluding hydrogens is 940 g/mol. The molecule has 2 aliphatic heterocycles. The largest absolute Gasteiger partial charge is 0.348 e. The van der Waals surface area contributed by atoms with Crippen molar-refractivity contribution in [3.63, 3.8) is 0 Å². The van der Waals surface area contributed by atoms with Gasteiger partial charge in [0.2, 0.25) is 47.3 Å². The first-order valence-corrected chi connectivity index (χ1v) is 23.4. The van der Waals surface area contributed by atoms with E-state index in [-0.39, 0.29) is 50.7 Å². The van der Waals surface area contributed by atoms with Crippen molar-refractivity contribution in [2.75, 3.05) is 27.2 Å². The number of hydrogen-bond donors (Lipinski definition) is 8. The number of nitrogens with zero attached hydrogens (tertiary/aromatic N) is 2. The van der Waals surface area contributed by atoms with E-state index < -0.39 is 119 Å². The molecule has 4 rings (SSSR count). The van der Waals surface area contributed by atoms with E-state index in [0.29, 0.717) is 0 Å². The van der Waals surface area contributed by atoms with Gasteiger partial charge in [0.1, 0.15) is 24.2 Å². The number of amides is 8. The highest BCUT2D eigenvalue weighted by molar-refractivity contribution is 5.98. The lowest BCUT2D eigenvalue weighted by Gasteiger charge is -2.36. The molecule has 0 unspecified atom stereocenters. The Hall–Kier alpha value is -5.56. The minimum absolute atomic E-state index is 0. The van der Waals surface area contributed by atoms with Crippen molar-refractivity contribution < 1.29 is 38.4 Å². The smallest absolute Gasteiger partial charge is 0.246 e. The Morgan fingerprint density at radius 2 is 0.843 bits per heavy atom. The molecule has 388 valence electrons. The van der Waals surface area contributed by atoms with Crippen LogP contribution in [0.4, 0.5) is 0 Å². The van der Waals surface area contributed by atoms with Crippen molar-refractivity contribution in [2.45, 2.75) is 142 Å². The van der Waals surface area contributed by atoms with Crippen LogP contribution in [0.15, 0.2) is 72.8 Å². The number of hydrogen-bond acceptors (Lipinski definition) is 10. The van der Waals surface area contributed by atoms with Gasteiger partial charge in [-0.05, 0) is 76.6 Å². The van der Waals surface area contributed by atoms with Crippen molar-refractivity contribution >= 4 is 72.1 Å². The molecule has 0 saturated carbocycles. The van der Waals surface area contributed by atoms with Gasteiger partial charge in [-0.1, -0.05) is 102 Å². The maximum atomic E-state index is 14.4. The van der Waals surface area contributed by atoms with E-state index >= 15 is 0 Å². The third-order valence-electron chi connectivity index (χ3n) is 12.6. The molecule has 0 bridgehead atoms. The first kappa shape index (κ1) is 60.6. The van der Waals surface area contributed by atoms with E-state index in [1.54, 1.807) is 27.9 Å². The highest BCUT2D eigenvalue weighted by Gasteiger charge is 2.47. The molecule has 20 heteroatoms. The summed E-state index contributed by atoms with van der Waals surface area (Å²) >= 11 is 0. The number of likely N-dealkylation sites (N-methyl/N-ethyl adjacent to an activating group) is 2. The highest BCUT2D eigenvalue weighted by Crippen LogP contribution is 2.29. The molecule has 8 N–H and O–H groups in total. The summed E-state index contributed by atoms with van der Waals surface area (Å²) in [5.41, 5.74) is 0.215. The number of benzene rings is 2. The van der Waals surface area contributed by atoms with Gasteiger partial charge in [-0.25, -0.2) is 0 Å². The second kappa shape index (κ2) is 26.6. The van der Waals surface area contributed by atoms with Crippen LogP contribution in [0.2, 0.25) is 0 Å². The maximum absolute atomic E-state index is 14.4. The molecule has 0 aliphatic carbocycles. The molecular formula is C50H76Cl2N10O8. The van der Waals surface area contributed by atoms with Gasteiger partial charge < -0.3 is 52.3 Å².